The number of halogens is 3. The summed E-state index contributed by atoms with van der Waals surface area (Å²) in [6, 6.07) is 3.87. The van der Waals surface area contributed by atoms with Crippen molar-refractivity contribution in [3.8, 4) is 0 Å². The molecule has 3 heterocycles. The average molecular weight is 492 g/mol. The molecule has 35 heavy (non-hydrogen) atoms. The lowest BCUT2D eigenvalue weighted by atomic mass is 9.93. The molecule has 2 aliphatic rings. The zero-order valence-corrected chi connectivity index (χ0v) is 19.9. The van der Waals surface area contributed by atoms with Crippen LogP contribution >= 0.6 is 0 Å². The average Bonchev–Trinajstić information content (AvgIpc) is 2.81. The van der Waals surface area contributed by atoms with Crippen LogP contribution in [0.15, 0.2) is 30.6 Å². The fraction of sp³-hybridized carbons (Fsp3) is 0.542. The number of amides is 1. The number of carbonyl (C=O) groups is 1. The molecule has 2 fully saturated rings. The van der Waals surface area contributed by atoms with Gasteiger partial charge in [-0.3, -0.25) is 9.69 Å². The van der Waals surface area contributed by atoms with Crippen LogP contribution in [0.4, 0.5) is 30.5 Å². The highest BCUT2D eigenvalue weighted by Crippen LogP contribution is 2.33. The van der Waals surface area contributed by atoms with E-state index in [9.17, 15) is 18.0 Å². The molecule has 0 bridgehead atoms. The molecular weight excluding hydrogens is 459 g/mol. The Labute approximate surface area is 203 Å². The van der Waals surface area contributed by atoms with Crippen molar-refractivity contribution in [3.63, 3.8) is 0 Å². The summed E-state index contributed by atoms with van der Waals surface area (Å²) in [6.07, 6.45) is 0.520. The zero-order chi connectivity index (χ0) is 25.0. The highest BCUT2D eigenvalue weighted by Gasteiger charge is 2.32. The van der Waals surface area contributed by atoms with Crippen molar-refractivity contribution in [2.75, 3.05) is 62.3 Å². The van der Waals surface area contributed by atoms with Crippen LogP contribution in [-0.4, -0.2) is 72.0 Å². The second-order valence-electron chi connectivity index (χ2n) is 9.48. The number of hydrogen-bond donors (Lipinski definition) is 2. The lowest BCUT2D eigenvalue weighted by Gasteiger charge is -2.32. The summed E-state index contributed by atoms with van der Waals surface area (Å²) in [4.78, 5) is 27.5. The molecule has 4 rings (SSSR count). The van der Waals surface area contributed by atoms with Gasteiger partial charge in [0, 0.05) is 57.9 Å². The Morgan fingerprint density at radius 3 is 2.40 bits per heavy atom. The van der Waals surface area contributed by atoms with Gasteiger partial charge in [-0.1, -0.05) is 0 Å². The Balaban J connectivity index is 1.35. The van der Waals surface area contributed by atoms with E-state index in [1.54, 1.807) is 12.3 Å². The Morgan fingerprint density at radius 2 is 1.77 bits per heavy atom. The van der Waals surface area contributed by atoms with Gasteiger partial charge >= 0.3 is 6.18 Å². The fourth-order valence-electron chi connectivity index (χ4n) is 4.62. The monoisotopic (exact) mass is 491 g/mol. The minimum atomic E-state index is -4.48. The Bertz CT molecular complexity index is 999. The van der Waals surface area contributed by atoms with Crippen LogP contribution in [0.3, 0.4) is 0 Å². The van der Waals surface area contributed by atoms with Crippen molar-refractivity contribution in [3.05, 3.63) is 41.7 Å². The maximum atomic E-state index is 13.5. The second kappa shape index (κ2) is 10.8. The summed E-state index contributed by atoms with van der Waals surface area (Å²) in [6.45, 7) is 5.25. The van der Waals surface area contributed by atoms with Gasteiger partial charge in [0.25, 0.3) is 0 Å². The predicted molar refractivity (Wildman–Crippen MR) is 129 cm³/mol. The molecule has 3 N–H and O–H groups in total. The number of nitrogens with zero attached hydrogens (tertiary/aromatic N) is 5. The molecule has 11 heteroatoms. The SMILES string of the molecule is CN1CCN(Cc2cc(NC(=O)CC3CCN(c4cnc(N)cn4)CC3)cc(C(F)(F)F)c2)CC1. The van der Waals surface area contributed by atoms with Crippen molar-refractivity contribution >= 4 is 23.2 Å². The second-order valence-corrected chi connectivity index (χ2v) is 9.48. The third kappa shape index (κ3) is 7.04. The summed E-state index contributed by atoms with van der Waals surface area (Å²) >= 11 is 0. The zero-order valence-electron chi connectivity index (χ0n) is 19.9. The molecule has 0 unspecified atom stereocenters. The van der Waals surface area contributed by atoms with Crippen LogP contribution in [0, 0.1) is 5.92 Å². The fourth-order valence-corrected chi connectivity index (χ4v) is 4.62. The smallest absolute Gasteiger partial charge is 0.382 e. The molecule has 2 aromatic rings. The first-order valence-corrected chi connectivity index (χ1v) is 11.9. The van der Waals surface area contributed by atoms with Crippen LogP contribution in [-0.2, 0) is 17.5 Å². The van der Waals surface area contributed by atoms with E-state index in [-0.39, 0.29) is 23.9 Å². The molecule has 190 valence electrons. The molecule has 1 aromatic heterocycles. The normalized spacial score (nSPS) is 18.6. The summed E-state index contributed by atoms with van der Waals surface area (Å²) in [5, 5.41) is 2.72. The summed E-state index contributed by atoms with van der Waals surface area (Å²) in [5.74, 6) is 1.00. The number of benzene rings is 1. The highest BCUT2D eigenvalue weighted by molar-refractivity contribution is 5.91. The van der Waals surface area contributed by atoms with Crippen LogP contribution < -0.4 is 16.0 Å². The minimum Gasteiger partial charge on any atom is -0.382 e. The van der Waals surface area contributed by atoms with Crippen molar-refractivity contribution in [2.45, 2.75) is 32.0 Å². The number of hydrogen-bond acceptors (Lipinski definition) is 7. The molecule has 2 aliphatic heterocycles. The largest absolute Gasteiger partial charge is 0.416 e. The molecular formula is C24H32F3N7O. The number of nitrogens with two attached hydrogens (primary N) is 1. The van der Waals surface area contributed by atoms with E-state index in [1.165, 1.54) is 12.3 Å². The van der Waals surface area contributed by atoms with Gasteiger partial charge in [-0.05, 0) is 49.6 Å². The molecule has 0 radical (unpaired) electrons. The van der Waals surface area contributed by atoms with Gasteiger partial charge in [0.1, 0.15) is 11.6 Å². The van der Waals surface area contributed by atoms with Crippen molar-refractivity contribution in [2.24, 2.45) is 5.92 Å². The van der Waals surface area contributed by atoms with Crippen LogP contribution in [0.1, 0.15) is 30.4 Å². The van der Waals surface area contributed by atoms with Crippen LogP contribution in [0.5, 0.6) is 0 Å². The third-order valence-electron chi connectivity index (χ3n) is 6.68. The van der Waals surface area contributed by atoms with Crippen molar-refractivity contribution in [1.29, 1.82) is 0 Å². The van der Waals surface area contributed by atoms with E-state index in [1.807, 2.05) is 7.05 Å². The van der Waals surface area contributed by atoms with E-state index in [4.69, 9.17) is 5.73 Å². The summed E-state index contributed by atoms with van der Waals surface area (Å²) < 4.78 is 40.6. The molecule has 0 atom stereocenters. The number of piperidine rings is 1. The number of carbonyl (C=O) groups excluding carboxylic acids is 1. The Hall–Kier alpha value is -2.92. The van der Waals surface area contributed by atoms with Gasteiger partial charge in [-0.2, -0.15) is 13.2 Å². The molecule has 1 aromatic carbocycles. The standard InChI is InChI=1S/C24H32F3N7O/c1-32-6-8-33(9-7-32)16-18-10-19(24(25,26)27)13-20(11-18)31-23(35)12-17-2-4-34(5-3-17)22-15-29-21(28)14-30-22/h10-11,13-15,17H,2-9,12,16H2,1H3,(H2,28,29)(H,31,35). The lowest BCUT2D eigenvalue weighted by molar-refractivity contribution is -0.137. The number of rotatable bonds is 6. The first kappa shape index (κ1) is 25.2. The molecule has 0 aliphatic carbocycles. The van der Waals surface area contributed by atoms with E-state index in [0.717, 1.165) is 64.0 Å². The topological polar surface area (TPSA) is 90.6 Å². The first-order chi connectivity index (χ1) is 16.7. The maximum Gasteiger partial charge on any atom is 0.416 e. The van der Waals surface area contributed by atoms with Gasteiger partial charge in [-0.15, -0.1) is 0 Å². The van der Waals surface area contributed by atoms with Gasteiger partial charge < -0.3 is 20.9 Å². The maximum absolute atomic E-state index is 13.5. The van der Waals surface area contributed by atoms with Crippen molar-refractivity contribution < 1.29 is 18.0 Å². The molecule has 8 nitrogen and oxygen atoms in total. The van der Waals surface area contributed by atoms with E-state index in [2.05, 4.69) is 30.0 Å². The first-order valence-electron chi connectivity index (χ1n) is 11.9. The molecule has 0 saturated carbocycles. The van der Waals surface area contributed by atoms with Crippen molar-refractivity contribution in [1.82, 2.24) is 19.8 Å². The summed E-state index contributed by atoms with van der Waals surface area (Å²) in [5.41, 5.74) is 5.60. The summed E-state index contributed by atoms with van der Waals surface area (Å²) in [7, 11) is 2.03. The number of nitrogens with one attached hydrogen (secondary N) is 1. The third-order valence-corrected chi connectivity index (χ3v) is 6.68. The van der Waals surface area contributed by atoms with Gasteiger partial charge in [0.2, 0.25) is 5.91 Å². The number of alkyl halides is 3. The van der Waals surface area contributed by atoms with Crippen LogP contribution in [0.2, 0.25) is 0 Å². The van der Waals surface area contributed by atoms with E-state index >= 15 is 0 Å². The van der Waals surface area contributed by atoms with E-state index in [0.29, 0.717) is 17.9 Å². The van der Waals surface area contributed by atoms with Gasteiger partial charge in [0.15, 0.2) is 0 Å². The van der Waals surface area contributed by atoms with Crippen LogP contribution in [0.25, 0.3) is 0 Å². The number of aromatic nitrogens is 2. The Morgan fingerprint density at radius 1 is 1.06 bits per heavy atom. The number of nitrogen functional groups attached to an aromatic ring is 1. The number of anilines is 3. The Kier molecular flexibility index (Phi) is 7.75. The number of piperazine rings is 1. The predicted octanol–water partition coefficient (Wildman–Crippen LogP) is 3.07. The quantitative estimate of drug-likeness (QED) is 0.642. The number of likely N-dealkylation sites (N-methyl/N-ethyl adjacent to an activating group) is 1. The molecule has 2 saturated heterocycles. The molecule has 1 amide bonds. The van der Waals surface area contributed by atoms with Gasteiger partial charge in [0.05, 0.1) is 18.0 Å². The van der Waals surface area contributed by atoms with E-state index < -0.39 is 11.7 Å². The highest BCUT2D eigenvalue weighted by atomic mass is 19.4. The molecule has 0 spiro atoms. The lowest BCUT2D eigenvalue weighted by Crippen LogP contribution is -2.43. The minimum absolute atomic E-state index is 0.156. The van der Waals surface area contributed by atoms with Gasteiger partial charge in [-0.25, -0.2) is 9.97 Å².